The van der Waals surface area contributed by atoms with Gasteiger partial charge >= 0.3 is 0 Å². The van der Waals surface area contributed by atoms with Crippen LogP contribution in [0.1, 0.15) is 17.2 Å². The monoisotopic (exact) mass is 290 g/mol. The van der Waals surface area contributed by atoms with Crippen LogP contribution in [0.2, 0.25) is 0 Å². The van der Waals surface area contributed by atoms with Crippen LogP contribution in [-0.2, 0) is 11.2 Å². The zero-order chi connectivity index (χ0) is 15.1. The lowest BCUT2D eigenvalue weighted by Crippen LogP contribution is -2.09. The summed E-state index contributed by atoms with van der Waals surface area (Å²) in [6, 6.07) is 13.7. The minimum atomic E-state index is -0.819. The van der Waals surface area contributed by atoms with Crippen molar-refractivity contribution in [3.63, 3.8) is 0 Å². The highest BCUT2D eigenvalue weighted by molar-refractivity contribution is 5.36. The Kier molecular flexibility index (Phi) is 5.72. The van der Waals surface area contributed by atoms with Crippen LogP contribution in [0.25, 0.3) is 0 Å². The van der Waals surface area contributed by atoms with Gasteiger partial charge in [0.25, 0.3) is 0 Å². The van der Waals surface area contributed by atoms with E-state index < -0.39 is 6.10 Å². The van der Waals surface area contributed by atoms with Crippen LogP contribution >= 0.6 is 0 Å². The summed E-state index contributed by atoms with van der Waals surface area (Å²) in [4.78, 5) is 0. The van der Waals surface area contributed by atoms with E-state index in [4.69, 9.17) is 9.47 Å². The molecule has 3 nitrogen and oxygen atoms in total. The Morgan fingerprint density at radius 1 is 1.05 bits per heavy atom. The molecule has 0 aliphatic heterocycles. The molecule has 1 atom stereocenters. The first-order valence-electron chi connectivity index (χ1n) is 6.84. The Morgan fingerprint density at radius 2 is 1.76 bits per heavy atom. The molecule has 0 bridgehead atoms. The molecule has 0 aliphatic rings. The van der Waals surface area contributed by atoms with Crippen LogP contribution in [-0.4, -0.2) is 25.4 Å². The highest BCUT2D eigenvalue weighted by Gasteiger charge is 2.15. The lowest BCUT2D eigenvalue weighted by Gasteiger charge is -2.16. The van der Waals surface area contributed by atoms with Crippen molar-refractivity contribution in [3.8, 4) is 5.75 Å². The van der Waals surface area contributed by atoms with Gasteiger partial charge in [-0.3, -0.25) is 0 Å². The Bertz CT molecular complexity index is 571. The summed E-state index contributed by atoms with van der Waals surface area (Å²) < 4.78 is 24.2. The van der Waals surface area contributed by atoms with Crippen molar-refractivity contribution >= 4 is 0 Å². The molecule has 0 aliphatic carbocycles. The van der Waals surface area contributed by atoms with Gasteiger partial charge in [-0.05, 0) is 17.7 Å². The van der Waals surface area contributed by atoms with E-state index in [0.717, 1.165) is 0 Å². The molecule has 0 aromatic heterocycles. The lowest BCUT2D eigenvalue weighted by molar-refractivity contribution is 0.138. The second kappa shape index (κ2) is 7.76. The third-order valence-electron chi connectivity index (χ3n) is 3.19. The normalized spacial score (nSPS) is 12.1. The molecule has 0 spiro atoms. The molecule has 0 saturated carbocycles. The number of aliphatic hydroxyl groups is 1. The van der Waals surface area contributed by atoms with E-state index in [1.165, 1.54) is 6.07 Å². The van der Waals surface area contributed by atoms with Gasteiger partial charge in [0.15, 0.2) is 0 Å². The third kappa shape index (κ3) is 4.28. The molecule has 0 heterocycles. The molecule has 2 aromatic rings. The average Bonchev–Trinajstić information content (AvgIpc) is 2.50. The quantitative estimate of drug-likeness (QED) is 0.796. The Labute approximate surface area is 124 Å². The fourth-order valence-corrected chi connectivity index (χ4v) is 2.10. The Morgan fingerprint density at radius 3 is 2.52 bits per heavy atom. The fraction of sp³-hybridized carbons (Fsp3) is 0.294. The molecule has 2 aromatic carbocycles. The molecular weight excluding hydrogens is 271 g/mol. The molecule has 0 fully saturated rings. The lowest BCUT2D eigenvalue weighted by atomic mass is 10.0. The van der Waals surface area contributed by atoms with E-state index in [0.29, 0.717) is 30.1 Å². The van der Waals surface area contributed by atoms with Crippen molar-refractivity contribution in [1.82, 2.24) is 0 Å². The zero-order valence-electron chi connectivity index (χ0n) is 12.0. The van der Waals surface area contributed by atoms with E-state index in [2.05, 4.69) is 0 Å². The molecule has 21 heavy (non-hydrogen) atoms. The first-order valence-corrected chi connectivity index (χ1v) is 6.84. The molecule has 112 valence electrons. The van der Waals surface area contributed by atoms with Gasteiger partial charge in [-0.25, -0.2) is 4.39 Å². The summed E-state index contributed by atoms with van der Waals surface area (Å²) >= 11 is 0. The molecule has 0 saturated heterocycles. The maximum Gasteiger partial charge on any atom is 0.126 e. The summed E-state index contributed by atoms with van der Waals surface area (Å²) in [6.45, 7) is 0.873. The van der Waals surface area contributed by atoms with Gasteiger partial charge in [0.2, 0.25) is 0 Å². The number of hydrogen-bond donors (Lipinski definition) is 1. The number of rotatable bonds is 7. The van der Waals surface area contributed by atoms with E-state index in [-0.39, 0.29) is 12.2 Å². The predicted molar refractivity (Wildman–Crippen MR) is 78.9 cm³/mol. The number of ether oxygens (including phenoxy) is 2. The number of halogens is 1. The number of aliphatic hydroxyl groups excluding tert-OH is 1. The largest absolute Gasteiger partial charge is 0.491 e. The number of para-hydroxylation sites is 1. The first-order chi connectivity index (χ1) is 10.2. The minimum absolute atomic E-state index is 0.206. The first kappa shape index (κ1) is 15.5. The van der Waals surface area contributed by atoms with Crippen LogP contribution in [0.3, 0.4) is 0 Å². The number of benzene rings is 2. The van der Waals surface area contributed by atoms with E-state index >= 15 is 0 Å². The fourth-order valence-electron chi connectivity index (χ4n) is 2.10. The maximum atomic E-state index is 13.7. The summed E-state index contributed by atoms with van der Waals surface area (Å²) in [5, 5.41) is 10.4. The molecule has 0 amide bonds. The number of methoxy groups -OCH3 is 1. The average molecular weight is 290 g/mol. The SMILES string of the molecule is COCCOc1ccccc1C(O)Cc1ccccc1F. The summed E-state index contributed by atoms with van der Waals surface area (Å²) in [7, 11) is 1.60. The van der Waals surface area contributed by atoms with Crippen LogP contribution in [0, 0.1) is 5.82 Å². The topological polar surface area (TPSA) is 38.7 Å². The molecule has 4 heteroatoms. The second-order valence-corrected chi connectivity index (χ2v) is 4.69. The van der Waals surface area contributed by atoms with Crippen molar-refractivity contribution in [2.24, 2.45) is 0 Å². The molecule has 1 N–H and O–H groups in total. The standard InChI is InChI=1S/C17H19FO3/c1-20-10-11-21-17-9-5-3-7-14(17)16(19)12-13-6-2-4-8-15(13)18/h2-9,16,19H,10-12H2,1H3. The maximum absolute atomic E-state index is 13.7. The van der Waals surface area contributed by atoms with Crippen molar-refractivity contribution in [3.05, 3.63) is 65.5 Å². The summed E-state index contributed by atoms with van der Waals surface area (Å²) in [6.07, 6.45) is -0.613. The van der Waals surface area contributed by atoms with Gasteiger partial charge in [-0.15, -0.1) is 0 Å². The Hall–Kier alpha value is -1.91. The van der Waals surface area contributed by atoms with Gasteiger partial charge in [-0.2, -0.15) is 0 Å². The van der Waals surface area contributed by atoms with E-state index in [1.807, 2.05) is 12.1 Å². The van der Waals surface area contributed by atoms with Gasteiger partial charge in [-0.1, -0.05) is 36.4 Å². The van der Waals surface area contributed by atoms with Crippen molar-refractivity contribution in [2.45, 2.75) is 12.5 Å². The van der Waals surface area contributed by atoms with Gasteiger partial charge in [0.1, 0.15) is 18.2 Å². The highest BCUT2D eigenvalue weighted by Crippen LogP contribution is 2.28. The van der Waals surface area contributed by atoms with Crippen LogP contribution < -0.4 is 4.74 Å². The zero-order valence-corrected chi connectivity index (χ0v) is 12.0. The highest BCUT2D eigenvalue weighted by atomic mass is 19.1. The molecule has 2 rings (SSSR count). The Balaban J connectivity index is 2.11. The summed E-state index contributed by atoms with van der Waals surface area (Å²) in [5.41, 5.74) is 1.13. The van der Waals surface area contributed by atoms with E-state index in [9.17, 15) is 9.50 Å². The molecule has 0 radical (unpaired) electrons. The minimum Gasteiger partial charge on any atom is -0.491 e. The molecule has 1 unspecified atom stereocenters. The summed E-state index contributed by atoms with van der Waals surface area (Å²) in [5.74, 6) is 0.285. The predicted octanol–water partition coefficient (Wildman–Crippen LogP) is 3.13. The third-order valence-corrected chi connectivity index (χ3v) is 3.19. The smallest absolute Gasteiger partial charge is 0.126 e. The van der Waals surface area contributed by atoms with Crippen LogP contribution in [0.4, 0.5) is 4.39 Å². The second-order valence-electron chi connectivity index (χ2n) is 4.69. The van der Waals surface area contributed by atoms with Crippen molar-refractivity contribution < 1.29 is 19.0 Å². The van der Waals surface area contributed by atoms with Gasteiger partial charge in [0, 0.05) is 19.1 Å². The van der Waals surface area contributed by atoms with E-state index in [1.54, 1.807) is 37.4 Å². The van der Waals surface area contributed by atoms with Gasteiger partial charge in [0.05, 0.1) is 12.7 Å². The van der Waals surface area contributed by atoms with Gasteiger partial charge < -0.3 is 14.6 Å². The van der Waals surface area contributed by atoms with Crippen LogP contribution in [0.5, 0.6) is 5.75 Å². The van der Waals surface area contributed by atoms with Crippen molar-refractivity contribution in [2.75, 3.05) is 20.3 Å². The van der Waals surface area contributed by atoms with Crippen molar-refractivity contribution in [1.29, 1.82) is 0 Å². The molecular formula is C17H19FO3. The van der Waals surface area contributed by atoms with Crippen LogP contribution in [0.15, 0.2) is 48.5 Å². The number of hydrogen-bond acceptors (Lipinski definition) is 3.